The number of hydrogen-bond acceptors (Lipinski definition) is 5. The predicted molar refractivity (Wildman–Crippen MR) is 75.5 cm³/mol. The molecular weight excluding hydrogens is 240 g/mol. The van der Waals surface area contributed by atoms with Gasteiger partial charge in [0.05, 0.1) is 5.49 Å². The third kappa shape index (κ3) is 5.45. The van der Waals surface area contributed by atoms with Gasteiger partial charge >= 0.3 is 0 Å². The Bertz CT molecular complexity index is 195. The Kier molecular flexibility index (Phi) is 7.31. The first-order chi connectivity index (χ1) is 7.74. The number of thioether (sulfide) groups is 1. The van der Waals surface area contributed by atoms with Gasteiger partial charge in [0, 0.05) is 6.54 Å². The summed E-state index contributed by atoms with van der Waals surface area (Å²) < 4.78 is 0. The molecule has 4 nitrogen and oxygen atoms in total. The molecule has 2 N–H and O–H groups in total. The van der Waals surface area contributed by atoms with E-state index >= 15 is 0 Å². The fourth-order valence-corrected chi connectivity index (χ4v) is 2.85. The second kappa shape index (κ2) is 8.25. The molecule has 0 aromatic carbocycles. The van der Waals surface area contributed by atoms with Gasteiger partial charge in [-0.15, -0.1) is 11.8 Å². The highest BCUT2D eigenvalue weighted by molar-refractivity contribution is 7.99. The Morgan fingerprint density at radius 1 is 1.56 bits per heavy atom. The lowest BCUT2D eigenvalue weighted by Gasteiger charge is -2.33. The van der Waals surface area contributed by atoms with Gasteiger partial charge in [-0.1, -0.05) is 12.2 Å². The molecule has 1 unspecified atom stereocenters. The highest BCUT2D eigenvalue weighted by atomic mass is 32.2. The van der Waals surface area contributed by atoms with Gasteiger partial charge in [0.1, 0.15) is 5.50 Å². The maximum atomic E-state index is 5.03. The standard InChI is InChI=1S/C10H22N4S2/c1-13(2)7-3-6-12-14(9-15)10-11-5-4-8-16-10/h9-12H,3-8H2,1-2H3. The van der Waals surface area contributed by atoms with Gasteiger partial charge in [-0.25, -0.2) is 5.43 Å². The number of hydrazine groups is 1. The molecule has 0 aromatic heterocycles. The monoisotopic (exact) mass is 262 g/mol. The summed E-state index contributed by atoms with van der Waals surface area (Å²) in [7, 11) is 4.19. The largest absolute Gasteiger partial charge is 0.309 e. The number of rotatable bonds is 7. The highest BCUT2D eigenvalue weighted by Gasteiger charge is 2.17. The third-order valence-electron chi connectivity index (χ3n) is 2.36. The summed E-state index contributed by atoms with van der Waals surface area (Å²) in [4.78, 5) is 2.19. The van der Waals surface area contributed by atoms with Crippen molar-refractivity contribution >= 4 is 29.5 Å². The molecule has 0 saturated carbocycles. The van der Waals surface area contributed by atoms with Crippen molar-refractivity contribution in [3.05, 3.63) is 0 Å². The first-order valence-electron chi connectivity index (χ1n) is 5.71. The van der Waals surface area contributed by atoms with E-state index in [9.17, 15) is 0 Å². The average molecular weight is 262 g/mol. The van der Waals surface area contributed by atoms with Crippen LogP contribution in [-0.2, 0) is 0 Å². The summed E-state index contributed by atoms with van der Waals surface area (Å²) in [5, 5.41) is 5.45. The van der Waals surface area contributed by atoms with Crippen molar-refractivity contribution in [3.8, 4) is 0 Å². The summed E-state index contributed by atoms with van der Waals surface area (Å²) in [6, 6.07) is 0. The molecule has 1 aliphatic heterocycles. The minimum Gasteiger partial charge on any atom is -0.309 e. The SMILES string of the molecule is CN(C)CCCNN(C=S)C1NCCCS1. The fraction of sp³-hybridized carbons (Fsp3) is 0.900. The molecule has 1 fully saturated rings. The zero-order valence-corrected chi connectivity index (χ0v) is 11.7. The Balaban J connectivity index is 2.17. The van der Waals surface area contributed by atoms with Crippen LogP contribution in [0.25, 0.3) is 0 Å². The van der Waals surface area contributed by atoms with Crippen molar-refractivity contribution in [3.63, 3.8) is 0 Å². The van der Waals surface area contributed by atoms with Crippen LogP contribution in [0.3, 0.4) is 0 Å². The molecule has 94 valence electrons. The lowest BCUT2D eigenvalue weighted by Crippen LogP contribution is -2.52. The van der Waals surface area contributed by atoms with Crippen LogP contribution in [-0.4, -0.2) is 60.4 Å². The summed E-state index contributed by atoms with van der Waals surface area (Å²) in [6.07, 6.45) is 2.37. The van der Waals surface area contributed by atoms with Gasteiger partial charge in [0.2, 0.25) is 0 Å². The molecule has 1 saturated heterocycles. The van der Waals surface area contributed by atoms with E-state index in [1.165, 1.54) is 12.2 Å². The second-order valence-electron chi connectivity index (χ2n) is 4.11. The lowest BCUT2D eigenvalue weighted by molar-refractivity contribution is 0.259. The Labute approximate surface area is 108 Å². The molecular formula is C10H22N4S2. The molecule has 1 rings (SSSR count). The van der Waals surface area contributed by atoms with Crippen LogP contribution in [0.1, 0.15) is 12.8 Å². The first-order valence-corrected chi connectivity index (χ1v) is 7.23. The molecule has 1 aliphatic rings. The molecule has 16 heavy (non-hydrogen) atoms. The number of nitrogens with zero attached hydrogens (tertiary/aromatic N) is 2. The van der Waals surface area contributed by atoms with Crippen molar-refractivity contribution in [2.45, 2.75) is 18.3 Å². The van der Waals surface area contributed by atoms with Gasteiger partial charge in [-0.3, -0.25) is 10.3 Å². The van der Waals surface area contributed by atoms with Crippen molar-refractivity contribution in [1.29, 1.82) is 0 Å². The van der Waals surface area contributed by atoms with E-state index in [2.05, 4.69) is 29.7 Å². The minimum absolute atomic E-state index is 0.297. The minimum atomic E-state index is 0.297. The van der Waals surface area contributed by atoms with Gasteiger partial charge in [0.15, 0.2) is 0 Å². The van der Waals surface area contributed by atoms with Gasteiger partial charge in [-0.05, 0) is 45.8 Å². The number of hydrogen-bond donors (Lipinski definition) is 2. The quantitative estimate of drug-likeness (QED) is 0.399. The van der Waals surface area contributed by atoms with E-state index in [4.69, 9.17) is 12.2 Å². The first kappa shape index (κ1) is 14.2. The van der Waals surface area contributed by atoms with Gasteiger partial charge < -0.3 is 4.90 Å². The van der Waals surface area contributed by atoms with Crippen LogP contribution in [0, 0.1) is 0 Å². The normalized spacial score (nSPS) is 21.1. The molecule has 1 atom stereocenters. The maximum absolute atomic E-state index is 5.03. The van der Waals surface area contributed by atoms with E-state index in [0.29, 0.717) is 5.50 Å². The Morgan fingerprint density at radius 2 is 2.38 bits per heavy atom. The molecule has 0 radical (unpaired) electrons. The van der Waals surface area contributed by atoms with E-state index in [1.807, 2.05) is 16.8 Å². The molecule has 0 amide bonds. The van der Waals surface area contributed by atoms with Crippen LogP contribution in [0.15, 0.2) is 0 Å². The topological polar surface area (TPSA) is 30.5 Å². The maximum Gasteiger partial charge on any atom is 0.143 e. The fourth-order valence-electron chi connectivity index (χ4n) is 1.51. The Hall–Kier alpha value is 0.120. The van der Waals surface area contributed by atoms with E-state index in [0.717, 1.165) is 26.1 Å². The third-order valence-corrected chi connectivity index (χ3v) is 3.82. The van der Waals surface area contributed by atoms with Crippen molar-refractivity contribution < 1.29 is 0 Å². The lowest BCUT2D eigenvalue weighted by atomic mass is 10.4. The summed E-state index contributed by atoms with van der Waals surface area (Å²) in [5.74, 6) is 1.21. The van der Waals surface area contributed by atoms with E-state index in [1.54, 1.807) is 5.49 Å². The van der Waals surface area contributed by atoms with E-state index < -0.39 is 0 Å². The van der Waals surface area contributed by atoms with Crippen LogP contribution in [0.2, 0.25) is 0 Å². The summed E-state index contributed by atoms with van der Waals surface area (Å²) >= 11 is 6.93. The zero-order chi connectivity index (χ0) is 11.8. The zero-order valence-electron chi connectivity index (χ0n) is 10.1. The van der Waals surface area contributed by atoms with Crippen LogP contribution in [0.4, 0.5) is 0 Å². The highest BCUT2D eigenvalue weighted by Crippen LogP contribution is 2.15. The number of nitrogens with one attached hydrogen (secondary N) is 2. The van der Waals surface area contributed by atoms with Crippen LogP contribution in [0.5, 0.6) is 0 Å². The molecule has 0 spiro atoms. The van der Waals surface area contributed by atoms with E-state index in [-0.39, 0.29) is 0 Å². The molecule has 0 bridgehead atoms. The van der Waals surface area contributed by atoms with Crippen molar-refractivity contribution in [2.24, 2.45) is 0 Å². The molecule has 6 heteroatoms. The van der Waals surface area contributed by atoms with Crippen LogP contribution >= 0.6 is 24.0 Å². The number of thiocarbonyl (C=S) groups is 1. The van der Waals surface area contributed by atoms with Crippen molar-refractivity contribution in [1.82, 2.24) is 20.7 Å². The predicted octanol–water partition coefficient (Wildman–Crippen LogP) is 0.712. The molecule has 0 aliphatic carbocycles. The van der Waals surface area contributed by atoms with Gasteiger partial charge in [-0.2, -0.15) is 0 Å². The second-order valence-corrected chi connectivity index (χ2v) is 5.51. The molecule has 0 aromatic rings. The van der Waals surface area contributed by atoms with Crippen LogP contribution < -0.4 is 10.7 Å². The van der Waals surface area contributed by atoms with Crippen molar-refractivity contribution in [2.75, 3.05) is 39.5 Å². The van der Waals surface area contributed by atoms with Gasteiger partial charge in [0.25, 0.3) is 0 Å². The summed E-state index contributed by atoms with van der Waals surface area (Å²) in [6.45, 7) is 3.14. The smallest absolute Gasteiger partial charge is 0.143 e. The average Bonchev–Trinajstić information content (AvgIpc) is 2.30. The molecule has 1 heterocycles. The Morgan fingerprint density at radius 3 is 2.94 bits per heavy atom. The summed E-state index contributed by atoms with van der Waals surface area (Å²) in [5.41, 5.74) is 5.36.